The molecule has 0 saturated carbocycles. The molecule has 0 fully saturated rings. The second-order valence-electron chi connectivity index (χ2n) is 3.46. The van der Waals surface area contributed by atoms with Crippen LogP contribution >= 0.6 is 0 Å². The zero-order valence-corrected chi connectivity index (χ0v) is 9.86. The van der Waals surface area contributed by atoms with Gasteiger partial charge in [-0.25, -0.2) is 0 Å². The molecule has 0 aromatic heterocycles. The number of hydrogen-bond donors (Lipinski definition) is 0. The summed E-state index contributed by atoms with van der Waals surface area (Å²) in [5.41, 5.74) is 1.23. The third kappa shape index (κ3) is 1.56. The van der Waals surface area contributed by atoms with Gasteiger partial charge in [0.2, 0.25) is 0 Å². The molecular formula is C13H10OSe. The van der Waals surface area contributed by atoms with E-state index < -0.39 is 0 Å². The van der Waals surface area contributed by atoms with E-state index in [1.54, 1.807) is 0 Å². The van der Waals surface area contributed by atoms with Crippen LogP contribution in [0.2, 0.25) is 5.32 Å². The molecule has 0 amide bonds. The van der Waals surface area contributed by atoms with Crippen molar-refractivity contribution >= 4 is 31.8 Å². The summed E-state index contributed by atoms with van der Waals surface area (Å²) >= 11 is 0.312. The van der Waals surface area contributed by atoms with Crippen molar-refractivity contribution in [2.45, 2.75) is 5.32 Å². The summed E-state index contributed by atoms with van der Waals surface area (Å²) in [5.74, 6) is 1.06. The SMILES string of the molecule is C1=C(c2cccc3ccccc23)O[Se]C1. The van der Waals surface area contributed by atoms with Crippen LogP contribution < -0.4 is 0 Å². The average molecular weight is 261 g/mol. The molecule has 1 nitrogen and oxygen atoms in total. The van der Waals surface area contributed by atoms with Crippen LogP contribution in [0.5, 0.6) is 0 Å². The van der Waals surface area contributed by atoms with Crippen LogP contribution in [-0.4, -0.2) is 15.3 Å². The van der Waals surface area contributed by atoms with Crippen LogP contribution in [0.25, 0.3) is 16.5 Å². The molecule has 0 aliphatic carbocycles. The first-order chi connectivity index (χ1) is 7.45. The van der Waals surface area contributed by atoms with Crippen molar-refractivity contribution in [3.63, 3.8) is 0 Å². The topological polar surface area (TPSA) is 9.23 Å². The molecule has 0 unspecified atom stereocenters. The Morgan fingerprint density at radius 3 is 2.73 bits per heavy atom. The number of benzene rings is 2. The van der Waals surface area contributed by atoms with Crippen LogP contribution in [0, 0.1) is 0 Å². The fraction of sp³-hybridized carbons (Fsp3) is 0.0769. The van der Waals surface area contributed by atoms with Crippen molar-refractivity contribution in [1.29, 1.82) is 0 Å². The summed E-state index contributed by atoms with van der Waals surface area (Å²) in [5, 5.41) is 3.65. The summed E-state index contributed by atoms with van der Waals surface area (Å²) in [4.78, 5) is 0. The van der Waals surface area contributed by atoms with Crippen molar-refractivity contribution in [1.82, 2.24) is 0 Å². The molecule has 74 valence electrons. The van der Waals surface area contributed by atoms with Crippen molar-refractivity contribution in [2.24, 2.45) is 0 Å². The monoisotopic (exact) mass is 262 g/mol. The zero-order chi connectivity index (χ0) is 10.1. The Bertz CT molecular complexity index is 526. The van der Waals surface area contributed by atoms with Crippen molar-refractivity contribution in [3.8, 4) is 0 Å². The summed E-state index contributed by atoms with van der Waals surface area (Å²) in [6.07, 6.45) is 2.20. The first kappa shape index (κ1) is 9.02. The number of hydrogen-bond acceptors (Lipinski definition) is 1. The predicted molar refractivity (Wildman–Crippen MR) is 63.6 cm³/mol. The Balaban J connectivity index is 2.26. The van der Waals surface area contributed by atoms with Gasteiger partial charge in [-0.15, -0.1) is 0 Å². The first-order valence-corrected chi connectivity index (χ1v) is 6.84. The van der Waals surface area contributed by atoms with E-state index in [0.29, 0.717) is 15.3 Å². The maximum atomic E-state index is 5.67. The summed E-state index contributed by atoms with van der Waals surface area (Å²) in [6, 6.07) is 14.8. The summed E-state index contributed by atoms with van der Waals surface area (Å²) < 4.78 is 5.67. The molecule has 0 spiro atoms. The van der Waals surface area contributed by atoms with Crippen LogP contribution in [0.1, 0.15) is 5.56 Å². The molecule has 2 aromatic carbocycles. The molecule has 2 heteroatoms. The fourth-order valence-corrected chi connectivity index (χ4v) is 3.04. The maximum absolute atomic E-state index is 5.67. The molecule has 0 radical (unpaired) electrons. The third-order valence-electron chi connectivity index (χ3n) is 2.54. The first-order valence-electron chi connectivity index (χ1n) is 4.93. The molecule has 2 aromatic rings. The van der Waals surface area contributed by atoms with Crippen LogP contribution in [0.3, 0.4) is 0 Å². The van der Waals surface area contributed by atoms with E-state index in [1.807, 2.05) is 0 Å². The Kier molecular flexibility index (Phi) is 2.24. The molecule has 3 rings (SSSR count). The molecule has 1 aliphatic rings. The van der Waals surface area contributed by atoms with Crippen molar-refractivity contribution in [3.05, 3.63) is 54.1 Å². The van der Waals surface area contributed by atoms with E-state index in [0.717, 1.165) is 11.1 Å². The van der Waals surface area contributed by atoms with E-state index in [9.17, 15) is 0 Å². The van der Waals surface area contributed by atoms with Crippen LogP contribution in [0.4, 0.5) is 0 Å². The second kappa shape index (κ2) is 3.73. The van der Waals surface area contributed by atoms with Gasteiger partial charge in [-0.3, -0.25) is 0 Å². The number of allylic oxidation sites excluding steroid dienone is 1. The fourth-order valence-electron chi connectivity index (χ4n) is 1.84. The van der Waals surface area contributed by atoms with Crippen LogP contribution in [0.15, 0.2) is 48.5 Å². The molecule has 1 heterocycles. The summed E-state index contributed by atoms with van der Waals surface area (Å²) in [6.45, 7) is 0. The minimum absolute atomic E-state index is 0.312. The van der Waals surface area contributed by atoms with E-state index >= 15 is 0 Å². The Morgan fingerprint density at radius 1 is 1.00 bits per heavy atom. The van der Waals surface area contributed by atoms with E-state index in [1.165, 1.54) is 16.3 Å². The van der Waals surface area contributed by atoms with Gasteiger partial charge in [0, 0.05) is 0 Å². The van der Waals surface area contributed by atoms with Gasteiger partial charge < -0.3 is 0 Å². The average Bonchev–Trinajstić information content (AvgIpc) is 2.82. The number of fused-ring (bicyclic) bond motifs is 1. The second-order valence-corrected chi connectivity index (χ2v) is 5.01. The van der Waals surface area contributed by atoms with Crippen LogP contribution in [-0.2, 0) is 3.82 Å². The normalized spacial score (nSPS) is 15.1. The molecule has 1 aliphatic heterocycles. The summed E-state index contributed by atoms with van der Waals surface area (Å²) in [7, 11) is 0. The van der Waals surface area contributed by atoms with Gasteiger partial charge in [-0.2, -0.15) is 0 Å². The van der Waals surface area contributed by atoms with Gasteiger partial charge in [-0.05, 0) is 0 Å². The van der Waals surface area contributed by atoms with Gasteiger partial charge >= 0.3 is 95.1 Å². The van der Waals surface area contributed by atoms with Gasteiger partial charge in [0.25, 0.3) is 0 Å². The molecular weight excluding hydrogens is 251 g/mol. The van der Waals surface area contributed by atoms with Gasteiger partial charge in [-0.1, -0.05) is 0 Å². The van der Waals surface area contributed by atoms with Crippen molar-refractivity contribution in [2.75, 3.05) is 0 Å². The van der Waals surface area contributed by atoms with E-state index in [4.69, 9.17) is 3.82 Å². The molecule has 0 atom stereocenters. The molecule has 0 N–H and O–H groups in total. The quantitative estimate of drug-likeness (QED) is 0.716. The van der Waals surface area contributed by atoms with Gasteiger partial charge in [0.05, 0.1) is 0 Å². The molecule has 15 heavy (non-hydrogen) atoms. The van der Waals surface area contributed by atoms with E-state index in [2.05, 4.69) is 48.5 Å². The molecule has 0 bridgehead atoms. The van der Waals surface area contributed by atoms with E-state index in [-0.39, 0.29) is 0 Å². The standard InChI is InChI=1S/C13H10OSe/c1-2-6-11-10(4-1)5-3-7-12(11)13-8-9-15-14-13/h1-8H,9H2. The molecule has 0 saturated heterocycles. The third-order valence-corrected chi connectivity index (χ3v) is 3.80. The van der Waals surface area contributed by atoms with Crippen molar-refractivity contribution < 1.29 is 3.82 Å². The Labute approximate surface area is 95.2 Å². The minimum atomic E-state index is 0.312. The Hall–Kier alpha value is -1.24. The Morgan fingerprint density at radius 2 is 1.87 bits per heavy atom. The number of rotatable bonds is 1. The van der Waals surface area contributed by atoms with Gasteiger partial charge in [0.1, 0.15) is 0 Å². The zero-order valence-electron chi connectivity index (χ0n) is 8.14. The van der Waals surface area contributed by atoms with Gasteiger partial charge in [0.15, 0.2) is 0 Å². The predicted octanol–water partition coefficient (Wildman–Crippen LogP) is 3.25.